The maximum absolute atomic E-state index is 5.77. The number of hydrogen-bond donors (Lipinski definition) is 0. The molecule has 10 heavy (non-hydrogen) atoms. The fourth-order valence-corrected chi connectivity index (χ4v) is 2.36. The Morgan fingerprint density at radius 2 is 2.30 bits per heavy atom. The Hall–Kier alpha value is -0.301. The molecule has 1 heterocycles. The second-order valence-corrected chi connectivity index (χ2v) is 3.77. The van der Waals surface area contributed by atoms with Crippen LogP contribution in [0.4, 0.5) is 0 Å². The van der Waals surface area contributed by atoms with E-state index in [1.165, 1.54) is 5.39 Å². The summed E-state index contributed by atoms with van der Waals surface area (Å²) in [5, 5.41) is 1.98. The molecule has 0 aliphatic rings. The van der Waals surface area contributed by atoms with E-state index >= 15 is 0 Å². The average molecular weight is 217 g/mol. The van der Waals surface area contributed by atoms with E-state index in [0.717, 1.165) is 10.5 Å². The van der Waals surface area contributed by atoms with Crippen molar-refractivity contribution in [1.29, 1.82) is 0 Å². The van der Waals surface area contributed by atoms with E-state index in [4.69, 9.17) is 11.6 Å². The number of rotatable bonds is 0. The Balaban J connectivity index is 2.86. The van der Waals surface area contributed by atoms with Gasteiger partial charge in [-0.2, -0.15) is 0 Å². The first-order chi connectivity index (χ1) is 4.86. The van der Waals surface area contributed by atoms with Crippen LogP contribution in [-0.2, 0) is 0 Å². The summed E-state index contributed by atoms with van der Waals surface area (Å²) < 4.78 is 4.29. The van der Waals surface area contributed by atoms with Crippen molar-refractivity contribution in [1.82, 2.24) is 3.98 Å². The normalized spacial score (nSPS) is 10.5. The quantitative estimate of drug-likeness (QED) is 0.614. The van der Waals surface area contributed by atoms with Crippen LogP contribution in [0, 0.1) is 0 Å². The van der Waals surface area contributed by atoms with Crippen molar-refractivity contribution in [3.8, 4) is 0 Å². The van der Waals surface area contributed by atoms with E-state index in [-0.39, 0.29) is 0 Å². The van der Waals surface area contributed by atoms with Gasteiger partial charge in [-0.15, -0.1) is 0 Å². The first kappa shape index (κ1) is 6.41. The molecular weight excluding hydrogens is 212 g/mol. The van der Waals surface area contributed by atoms with Crippen molar-refractivity contribution < 1.29 is 0 Å². The van der Waals surface area contributed by atoms with Gasteiger partial charge in [-0.1, -0.05) is 0 Å². The fraction of sp³-hybridized carbons (Fsp3) is 0. The second-order valence-electron chi connectivity index (χ2n) is 2.02. The summed E-state index contributed by atoms with van der Waals surface area (Å²) in [4.78, 5) is 2.13. The van der Waals surface area contributed by atoms with Gasteiger partial charge in [-0.25, -0.2) is 0 Å². The molecule has 2 aromatic rings. The summed E-state index contributed by atoms with van der Waals surface area (Å²) in [6.07, 6.45) is 0. The zero-order valence-electron chi connectivity index (χ0n) is 5.04. The number of fused-ring (bicyclic) bond motifs is 1. The number of benzene rings is 1. The zero-order chi connectivity index (χ0) is 6.97. The second kappa shape index (κ2) is 2.39. The molecule has 1 aromatic carbocycles. The molecule has 1 aromatic heterocycles. The van der Waals surface area contributed by atoms with Gasteiger partial charge in [0, 0.05) is 0 Å². The zero-order valence-corrected chi connectivity index (χ0v) is 7.51. The predicted octanol–water partition coefficient (Wildman–Crippen LogP) is 1.95. The molecule has 0 aliphatic carbocycles. The van der Waals surface area contributed by atoms with Gasteiger partial charge in [0.1, 0.15) is 0 Å². The Morgan fingerprint density at radius 3 is 3.20 bits per heavy atom. The van der Waals surface area contributed by atoms with Crippen LogP contribution in [-0.4, -0.2) is 18.7 Å². The van der Waals surface area contributed by atoms with Crippen molar-refractivity contribution in [2.24, 2.45) is 0 Å². The summed E-state index contributed by atoms with van der Waals surface area (Å²) in [6, 6.07) is 5.79. The standard InChI is InChI=1S/C7H4ClNSe/c8-6-1-2-7-5(3-6)4-10-9-7/h1-4H. The molecule has 0 amide bonds. The van der Waals surface area contributed by atoms with Crippen molar-refractivity contribution in [3.63, 3.8) is 0 Å². The minimum absolute atomic E-state index is 0.313. The Morgan fingerprint density at radius 1 is 1.40 bits per heavy atom. The van der Waals surface area contributed by atoms with Crippen LogP contribution in [0.3, 0.4) is 0 Å². The van der Waals surface area contributed by atoms with Gasteiger partial charge in [0.15, 0.2) is 0 Å². The molecule has 0 N–H and O–H groups in total. The minimum atomic E-state index is 0.313. The van der Waals surface area contributed by atoms with Gasteiger partial charge in [-0.05, 0) is 0 Å². The van der Waals surface area contributed by atoms with Crippen LogP contribution in [0.5, 0.6) is 0 Å². The number of halogens is 1. The molecule has 0 aliphatic heterocycles. The van der Waals surface area contributed by atoms with Crippen LogP contribution in [0.1, 0.15) is 0 Å². The third kappa shape index (κ3) is 0.988. The summed E-state index contributed by atoms with van der Waals surface area (Å²) in [5.41, 5.74) is 1.09. The van der Waals surface area contributed by atoms with Crippen molar-refractivity contribution in [3.05, 3.63) is 28.2 Å². The van der Waals surface area contributed by atoms with Crippen molar-refractivity contribution in [2.75, 3.05) is 0 Å². The third-order valence-electron chi connectivity index (χ3n) is 1.32. The van der Waals surface area contributed by atoms with E-state index in [0.29, 0.717) is 14.7 Å². The van der Waals surface area contributed by atoms with Gasteiger partial charge in [0.2, 0.25) is 0 Å². The van der Waals surface area contributed by atoms with Gasteiger partial charge in [0.25, 0.3) is 0 Å². The summed E-state index contributed by atoms with van der Waals surface area (Å²) in [7, 11) is 0. The van der Waals surface area contributed by atoms with Crippen LogP contribution in [0.25, 0.3) is 10.9 Å². The molecule has 3 heteroatoms. The molecule has 0 saturated heterocycles. The molecule has 0 fully saturated rings. The Labute approximate surface area is 69.6 Å². The summed E-state index contributed by atoms with van der Waals surface area (Å²) in [5.74, 6) is 0. The number of aromatic nitrogens is 1. The first-order valence-electron chi connectivity index (χ1n) is 2.86. The number of hydrogen-bond acceptors (Lipinski definition) is 1. The molecule has 2 rings (SSSR count). The monoisotopic (exact) mass is 217 g/mol. The third-order valence-corrected chi connectivity index (χ3v) is 2.94. The first-order valence-corrected chi connectivity index (χ1v) is 4.99. The molecule has 1 nitrogen and oxygen atoms in total. The molecule has 0 radical (unpaired) electrons. The maximum atomic E-state index is 5.77. The molecule has 0 saturated carbocycles. The van der Waals surface area contributed by atoms with Gasteiger partial charge >= 0.3 is 69.4 Å². The fourth-order valence-electron chi connectivity index (χ4n) is 0.843. The van der Waals surface area contributed by atoms with E-state index in [1.807, 2.05) is 18.2 Å². The van der Waals surface area contributed by atoms with Gasteiger partial charge in [-0.3, -0.25) is 0 Å². The SMILES string of the molecule is Clc1ccc2n[se]cc2c1. The molecule has 0 bridgehead atoms. The predicted molar refractivity (Wildman–Crippen MR) is 43.7 cm³/mol. The molecule has 50 valence electrons. The van der Waals surface area contributed by atoms with E-state index < -0.39 is 0 Å². The molecule has 0 unspecified atom stereocenters. The Bertz CT molecular complexity index is 355. The summed E-state index contributed by atoms with van der Waals surface area (Å²) in [6.45, 7) is 0. The summed E-state index contributed by atoms with van der Waals surface area (Å²) >= 11 is 6.08. The van der Waals surface area contributed by atoms with Gasteiger partial charge < -0.3 is 0 Å². The van der Waals surface area contributed by atoms with Crippen LogP contribution in [0.2, 0.25) is 5.02 Å². The van der Waals surface area contributed by atoms with Crippen LogP contribution in [0.15, 0.2) is 23.1 Å². The molecular formula is C7H4ClNSe. The van der Waals surface area contributed by atoms with Crippen LogP contribution < -0.4 is 0 Å². The van der Waals surface area contributed by atoms with E-state index in [1.54, 1.807) is 0 Å². The van der Waals surface area contributed by atoms with E-state index in [2.05, 4.69) is 8.92 Å². The van der Waals surface area contributed by atoms with Crippen molar-refractivity contribution >= 4 is 37.2 Å². The number of nitrogens with zero attached hydrogens (tertiary/aromatic N) is 1. The average Bonchev–Trinajstić information content (AvgIpc) is 2.33. The Kier molecular flexibility index (Phi) is 1.53. The van der Waals surface area contributed by atoms with Gasteiger partial charge in [0.05, 0.1) is 0 Å². The van der Waals surface area contributed by atoms with Crippen molar-refractivity contribution in [2.45, 2.75) is 0 Å². The van der Waals surface area contributed by atoms with Crippen LogP contribution >= 0.6 is 11.6 Å². The molecule has 0 spiro atoms. The van der Waals surface area contributed by atoms with E-state index in [9.17, 15) is 0 Å². The topological polar surface area (TPSA) is 12.9 Å². The molecule has 0 atom stereocenters.